The number of hydrogen-bond donors (Lipinski definition) is 1. The van der Waals surface area contributed by atoms with Crippen LogP contribution in [0.25, 0.3) is 0 Å². The molecular formula is C16H11Cl4N3O. The molecular weight excluding hydrogens is 392 g/mol. The molecule has 3 rings (SSSR count). The van der Waals surface area contributed by atoms with Gasteiger partial charge in [-0.1, -0.05) is 46.4 Å². The molecule has 0 spiro atoms. The van der Waals surface area contributed by atoms with Gasteiger partial charge < -0.3 is 10.6 Å². The Balaban J connectivity index is 1.94. The zero-order chi connectivity index (χ0) is 17.4. The third-order valence-electron chi connectivity index (χ3n) is 3.50. The molecule has 1 amide bonds. The second-order valence-corrected chi connectivity index (χ2v) is 6.92. The van der Waals surface area contributed by atoms with Crippen molar-refractivity contribution in [1.82, 2.24) is 0 Å². The quantitative estimate of drug-likeness (QED) is 0.684. The molecule has 0 atom stereocenters. The number of hydrogen-bond acceptors (Lipinski definition) is 3. The SMILES string of the molecule is Nc1ccc(Cl)c(N=C2CC(=O)N(c3c(Cl)cc(Cl)cc3Cl)C2)c1. The lowest BCUT2D eigenvalue weighted by molar-refractivity contribution is -0.116. The van der Waals surface area contributed by atoms with Gasteiger partial charge >= 0.3 is 0 Å². The largest absolute Gasteiger partial charge is 0.399 e. The normalized spacial score (nSPS) is 16.2. The van der Waals surface area contributed by atoms with Crippen LogP contribution >= 0.6 is 46.4 Å². The first-order valence-electron chi connectivity index (χ1n) is 6.91. The summed E-state index contributed by atoms with van der Waals surface area (Å²) in [5.74, 6) is -0.153. The van der Waals surface area contributed by atoms with E-state index in [1.54, 1.807) is 30.3 Å². The molecule has 0 bridgehead atoms. The highest BCUT2D eigenvalue weighted by atomic mass is 35.5. The first kappa shape index (κ1) is 17.4. The van der Waals surface area contributed by atoms with Crippen LogP contribution in [0.1, 0.15) is 6.42 Å². The Morgan fingerprint density at radius 1 is 1.00 bits per heavy atom. The molecule has 0 radical (unpaired) electrons. The zero-order valence-electron chi connectivity index (χ0n) is 12.2. The van der Waals surface area contributed by atoms with Crippen molar-refractivity contribution in [2.45, 2.75) is 6.42 Å². The topological polar surface area (TPSA) is 58.7 Å². The summed E-state index contributed by atoms with van der Waals surface area (Å²) in [4.78, 5) is 18.3. The molecule has 4 nitrogen and oxygen atoms in total. The van der Waals surface area contributed by atoms with Gasteiger partial charge in [0.25, 0.3) is 0 Å². The smallest absolute Gasteiger partial charge is 0.233 e. The van der Waals surface area contributed by atoms with Gasteiger partial charge in [0.2, 0.25) is 5.91 Å². The Hall–Kier alpha value is -1.46. The number of anilines is 2. The maximum atomic E-state index is 12.4. The first-order chi connectivity index (χ1) is 11.3. The second-order valence-electron chi connectivity index (χ2n) is 5.26. The molecule has 0 unspecified atom stereocenters. The minimum atomic E-state index is -0.153. The fourth-order valence-electron chi connectivity index (χ4n) is 2.45. The highest BCUT2D eigenvalue weighted by Gasteiger charge is 2.30. The van der Waals surface area contributed by atoms with Crippen molar-refractivity contribution in [2.24, 2.45) is 4.99 Å². The molecule has 1 saturated heterocycles. The average molecular weight is 403 g/mol. The molecule has 0 aromatic heterocycles. The van der Waals surface area contributed by atoms with Gasteiger partial charge in [0.1, 0.15) is 0 Å². The summed E-state index contributed by atoms with van der Waals surface area (Å²) in [5, 5.41) is 1.49. The van der Waals surface area contributed by atoms with Crippen LogP contribution < -0.4 is 10.6 Å². The Bertz CT molecular complexity index is 843. The van der Waals surface area contributed by atoms with Gasteiger partial charge in [0, 0.05) is 16.4 Å². The number of benzene rings is 2. The maximum absolute atomic E-state index is 12.4. The summed E-state index contributed by atoms with van der Waals surface area (Å²) in [7, 11) is 0. The summed E-state index contributed by atoms with van der Waals surface area (Å²) in [6.45, 7) is 0.269. The van der Waals surface area contributed by atoms with E-state index in [0.29, 0.717) is 42.9 Å². The highest BCUT2D eigenvalue weighted by molar-refractivity contribution is 6.43. The van der Waals surface area contributed by atoms with E-state index >= 15 is 0 Å². The highest BCUT2D eigenvalue weighted by Crippen LogP contribution is 2.38. The molecule has 2 aromatic carbocycles. The van der Waals surface area contributed by atoms with Crippen molar-refractivity contribution in [3.63, 3.8) is 0 Å². The van der Waals surface area contributed by atoms with Crippen molar-refractivity contribution in [3.05, 3.63) is 50.4 Å². The number of nitrogens with zero attached hydrogens (tertiary/aromatic N) is 2. The summed E-state index contributed by atoms with van der Waals surface area (Å²) in [6.07, 6.45) is 0.153. The molecule has 2 aromatic rings. The second kappa shape index (κ2) is 6.81. The van der Waals surface area contributed by atoms with Crippen molar-refractivity contribution in [1.29, 1.82) is 0 Å². The summed E-state index contributed by atoms with van der Waals surface area (Å²) < 4.78 is 0. The standard InChI is InChI=1S/C16H11Cl4N3O/c17-8-3-12(19)16(13(20)4-8)23-7-10(6-15(23)24)22-14-5-9(21)1-2-11(14)18/h1-5H,6-7,21H2. The number of carbonyl (C=O) groups is 1. The number of nitrogens with two attached hydrogens (primary N) is 1. The van der Waals surface area contributed by atoms with E-state index in [1.165, 1.54) is 4.90 Å². The van der Waals surface area contributed by atoms with Crippen molar-refractivity contribution >= 4 is 75.1 Å². The van der Waals surface area contributed by atoms with E-state index in [9.17, 15) is 4.79 Å². The Labute approximate surface area is 158 Å². The van der Waals surface area contributed by atoms with Crippen molar-refractivity contribution in [2.75, 3.05) is 17.2 Å². The van der Waals surface area contributed by atoms with E-state index in [1.807, 2.05) is 0 Å². The van der Waals surface area contributed by atoms with E-state index in [4.69, 9.17) is 52.1 Å². The lowest BCUT2D eigenvalue weighted by Gasteiger charge is -2.18. The van der Waals surface area contributed by atoms with Gasteiger partial charge in [-0.15, -0.1) is 0 Å². The van der Waals surface area contributed by atoms with Gasteiger partial charge in [-0.25, -0.2) is 0 Å². The fourth-order valence-corrected chi connectivity index (χ4v) is 3.63. The number of amides is 1. The fraction of sp³-hybridized carbons (Fsp3) is 0.125. The van der Waals surface area contributed by atoms with E-state index in [-0.39, 0.29) is 18.9 Å². The number of carbonyl (C=O) groups excluding carboxylic acids is 1. The van der Waals surface area contributed by atoms with Crippen LogP contribution in [0.3, 0.4) is 0 Å². The number of halogens is 4. The van der Waals surface area contributed by atoms with Gasteiger partial charge in [-0.2, -0.15) is 0 Å². The number of aliphatic imine (C=N–C) groups is 1. The molecule has 2 N–H and O–H groups in total. The summed E-state index contributed by atoms with van der Waals surface area (Å²) >= 11 is 24.4. The van der Waals surface area contributed by atoms with Gasteiger partial charge in [-0.05, 0) is 30.3 Å². The Morgan fingerprint density at radius 3 is 2.33 bits per heavy atom. The van der Waals surface area contributed by atoms with E-state index < -0.39 is 0 Å². The molecule has 1 aliphatic rings. The summed E-state index contributed by atoms with van der Waals surface area (Å²) in [5.41, 5.74) is 7.89. The number of nitrogen functional groups attached to an aromatic ring is 1. The van der Waals surface area contributed by atoms with Gasteiger partial charge in [0.15, 0.2) is 0 Å². The lowest BCUT2D eigenvalue weighted by atomic mass is 10.2. The van der Waals surface area contributed by atoms with Crippen LogP contribution in [0.4, 0.5) is 17.1 Å². The lowest BCUT2D eigenvalue weighted by Crippen LogP contribution is -2.25. The van der Waals surface area contributed by atoms with Crippen LogP contribution in [0.2, 0.25) is 20.1 Å². The molecule has 1 aliphatic heterocycles. The maximum Gasteiger partial charge on any atom is 0.233 e. The van der Waals surface area contributed by atoms with Crippen LogP contribution in [0.15, 0.2) is 35.3 Å². The molecule has 0 saturated carbocycles. The predicted octanol–water partition coefficient (Wildman–Crippen LogP) is 5.39. The molecule has 8 heteroatoms. The van der Waals surface area contributed by atoms with Crippen LogP contribution in [0.5, 0.6) is 0 Å². The minimum Gasteiger partial charge on any atom is -0.399 e. The monoisotopic (exact) mass is 401 g/mol. The molecule has 1 heterocycles. The zero-order valence-corrected chi connectivity index (χ0v) is 15.2. The molecule has 1 fully saturated rings. The number of rotatable bonds is 2. The first-order valence-corrected chi connectivity index (χ1v) is 8.42. The third kappa shape index (κ3) is 3.47. The van der Waals surface area contributed by atoms with Crippen LogP contribution in [0, 0.1) is 0 Å². The van der Waals surface area contributed by atoms with Gasteiger partial charge in [-0.3, -0.25) is 9.79 Å². The van der Waals surface area contributed by atoms with Crippen LogP contribution in [-0.2, 0) is 4.79 Å². The van der Waals surface area contributed by atoms with E-state index in [0.717, 1.165) is 0 Å². The Morgan fingerprint density at radius 2 is 1.67 bits per heavy atom. The van der Waals surface area contributed by atoms with E-state index in [2.05, 4.69) is 4.99 Å². The van der Waals surface area contributed by atoms with Crippen molar-refractivity contribution < 1.29 is 4.79 Å². The minimum absolute atomic E-state index is 0.153. The Kier molecular flexibility index (Phi) is 4.92. The van der Waals surface area contributed by atoms with Gasteiger partial charge in [0.05, 0.1) is 39.4 Å². The van der Waals surface area contributed by atoms with Crippen LogP contribution in [-0.4, -0.2) is 18.2 Å². The molecule has 124 valence electrons. The van der Waals surface area contributed by atoms with Crippen molar-refractivity contribution in [3.8, 4) is 0 Å². The molecule has 24 heavy (non-hydrogen) atoms. The summed E-state index contributed by atoms with van der Waals surface area (Å²) in [6, 6.07) is 8.09. The molecule has 0 aliphatic carbocycles. The average Bonchev–Trinajstić information content (AvgIpc) is 2.82. The third-order valence-corrected chi connectivity index (χ3v) is 4.61. The predicted molar refractivity (Wildman–Crippen MR) is 101 cm³/mol.